The molecular weight excluding hydrogens is 272 g/mol. The van der Waals surface area contributed by atoms with Crippen LogP contribution in [0, 0.1) is 0 Å². The highest BCUT2D eigenvalue weighted by atomic mass is 16.5. The second-order valence-corrected chi connectivity index (χ2v) is 6.28. The van der Waals surface area contributed by atoms with Gasteiger partial charge < -0.3 is 4.74 Å². The van der Waals surface area contributed by atoms with E-state index in [1.165, 1.54) is 70.5 Å². The summed E-state index contributed by atoms with van der Waals surface area (Å²) in [6.07, 6.45) is 12.2. The Morgan fingerprint density at radius 1 is 0.955 bits per heavy atom. The van der Waals surface area contributed by atoms with Crippen molar-refractivity contribution < 1.29 is 9.53 Å². The summed E-state index contributed by atoms with van der Waals surface area (Å²) in [5.74, 6) is 0.300. The minimum Gasteiger partial charge on any atom is -0.465 e. The van der Waals surface area contributed by atoms with Crippen LogP contribution in [-0.2, 0) is 4.74 Å². The van der Waals surface area contributed by atoms with Crippen LogP contribution in [0.1, 0.15) is 93.5 Å². The topological polar surface area (TPSA) is 26.3 Å². The van der Waals surface area contributed by atoms with Crippen LogP contribution in [-0.4, -0.2) is 13.1 Å². The molecule has 0 N–H and O–H groups in total. The fraction of sp³-hybridized carbons (Fsp3) is 0.650. The van der Waals surface area contributed by atoms with Crippen LogP contribution in [0.25, 0.3) is 0 Å². The summed E-state index contributed by atoms with van der Waals surface area (Å²) < 4.78 is 4.72. The minimum atomic E-state index is -0.262. The van der Waals surface area contributed by atoms with E-state index < -0.39 is 0 Å². The van der Waals surface area contributed by atoms with E-state index in [1.54, 1.807) is 0 Å². The molecule has 22 heavy (non-hydrogen) atoms. The molecule has 0 aliphatic carbocycles. The number of rotatable bonds is 11. The van der Waals surface area contributed by atoms with Crippen molar-refractivity contribution in [3.63, 3.8) is 0 Å². The first-order valence-electron chi connectivity index (χ1n) is 8.87. The molecule has 0 amide bonds. The Balaban J connectivity index is 2.19. The maximum atomic E-state index is 11.4. The summed E-state index contributed by atoms with van der Waals surface area (Å²) in [7, 11) is 1.42. The Hall–Kier alpha value is -1.31. The second-order valence-electron chi connectivity index (χ2n) is 6.28. The van der Waals surface area contributed by atoms with Gasteiger partial charge in [-0.3, -0.25) is 0 Å². The summed E-state index contributed by atoms with van der Waals surface area (Å²) >= 11 is 0. The third kappa shape index (κ3) is 7.11. The van der Waals surface area contributed by atoms with Crippen molar-refractivity contribution >= 4 is 5.97 Å². The summed E-state index contributed by atoms with van der Waals surface area (Å²) in [6, 6.07) is 7.85. The molecule has 0 bridgehead atoms. The normalized spacial score (nSPS) is 12.1. The Labute approximate surface area is 136 Å². The largest absolute Gasteiger partial charge is 0.465 e. The molecule has 1 unspecified atom stereocenters. The standard InChI is InChI=1S/C20H32O2/c1-4-5-6-7-8-9-10-11-12-17(2)18-13-15-19(16-14-18)20(21)22-3/h13-17H,4-12H2,1-3H3. The van der Waals surface area contributed by atoms with Crippen molar-refractivity contribution in [2.75, 3.05) is 7.11 Å². The SMILES string of the molecule is CCCCCCCCCCC(C)c1ccc(C(=O)OC)cc1. The van der Waals surface area contributed by atoms with Crippen molar-refractivity contribution in [3.05, 3.63) is 35.4 Å². The van der Waals surface area contributed by atoms with Gasteiger partial charge in [0.15, 0.2) is 0 Å². The Morgan fingerprint density at radius 2 is 1.50 bits per heavy atom. The molecular formula is C20H32O2. The van der Waals surface area contributed by atoms with Crippen LogP contribution in [0.2, 0.25) is 0 Å². The van der Waals surface area contributed by atoms with Crippen molar-refractivity contribution in [2.24, 2.45) is 0 Å². The second kappa shape index (κ2) is 11.3. The molecule has 0 radical (unpaired) electrons. The number of carbonyl (C=O) groups excluding carboxylic acids is 1. The van der Waals surface area contributed by atoms with Gasteiger partial charge in [-0.2, -0.15) is 0 Å². The number of benzene rings is 1. The lowest BCUT2D eigenvalue weighted by atomic mass is 9.94. The Morgan fingerprint density at radius 3 is 2.05 bits per heavy atom. The molecule has 1 aromatic carbocycles. The minimum absolute atomic E-state index is 0.262. The maximum Gasteiger partial charge on any atom is 0.337 e. The van der Waals surface area contributed by atoms with Gasteiger partial charge in [0.2, 0.25) is 0 Å². The molecule has 0 aromatic heterocycles. The molecule has 0 saturated carbocycles. The van der Waals surface area contributed by atoms with E-state index >= 15 is 0 Å². The molecule has 0 heterocycles. The summed E-state index contributed by atoms with van der Waals surface area (Å²) in [6.45, 7) is 4.54. The molecule has 1 rings (SSSR count). The van der Waals surface area contributed by atoms with Crippen LogP contribution >= 0.6 is 0 Å². The first-order chi connectivity index (χ1) is 10.7. The van der Waals surface area contributed by atoms with Crippen LogP contribution in [0.5, 0.6) is 0 Å². The van der Waals surface area contributed by atoms with Gasteiger partial charge in [0, 0.05) is 0 Å². The number of hydrogen-bond donors (Lipinski definition) is 0. The quantitative estimate of drug-likeness (QED) is 0.364. The van der Waals surface area contributed by atoms with Crippen LogP contribution in [0.15, 0.2) is 24.3 Å². The average Bonchev–Trinajstić information content (AvgIpc) is 2.56. The predicted octanol–water partition coefficient (Wildman–Crippen LogP) is 6.11. The van der Waals surface area contributed by atoms with E-state index in [0.717, 1.165) is 0 Å². The highest BCUT2D eigenvalue weighted by Gasteiger charge is 2.08. The third-order valence-corrected chi connectivity index (χ3v) is 4.39. The molecule has 0 saturated heterocycles. The van der Waals surface area contributed by atoms with Crippen molar-refractivity contribution in [1.29, 1.82) is 0 Å². The molecule has 0 aliphatic rings. The van der Waals surface area contributed by atoms with Crippen molar-refractivity contribution in [3.8, 4) is 0 Å². The van der Waals surface area contributed by atoms with Crippen LogP contribution in [0.4, 0.5) is 0 Å². The Kier molecular flexibility index (Phi) is 9.61. The fourth-order valence-electron chi connectivity index (χ4n) is 2.82. The van der Waals surface area contributed by atoms with E-state index in [2.05, 4.69) is 26.0 Å². The van der Waals surface area contributed by atoms with Crippen LogP contribution in [0.3, 0.4) is 0 Å². The summed E-state index contributed by atoms with van der Waals surface area (Å²) in [5, 5.41) is 0. The smallest absolute Gasteiger partial charge is 0.337 e. The molecule has 0 spiro atoms. The zero-order chi connectivity index (χ0) is 16.2. The third-order valence-electron chi connectivity index (χ3n) is 4.39. The van der Waals surface area contributed by atoms with Crippen molar-refractivity contribution in [1.82, 2.24) is 0 Å². The van der Waals surface area contributed by atoms with Gasteiger partial charge in [0.05, 0.1) is 12.7 Å². The van der Waals surface area contributed by atoms with E-state index in [4.69, 9.17) is 4.74 Å². The summed E-state index contributed by atoms with van der Waals surface area (Å²) in [4.78, 5) is 11.4. The van der Waals surface area contributed by atoms with E-state index in [0.29, 0.717) is 11.5 Å². The van der Waals surface area contributed by atoms with Crippen LogP contribution < -0.4 is 0 Å². The molecule has 0 aliphatic heterocycles. The highest BCUT2D eigenvalue weighted by Crippen LogP contribution is 2.23. The summed E-state index contributed by atoms with van der Waals surface area (Å²) in [5.41, 5.74) is 1.95. The van der Waals surface area contributed by atoms with Gasteiger partial charge in [-0.1, -0.05) is 77.3 Å². The lowest BCUT2D eigenvalue weighted by molar-refractivity contribution is 0.0600. The van der Waals surface area contributed by atoms with E-state index in [1.807, 2.05) is 12.1 Å². The first-order valence-corrected chi connectivity index (χ1v) is 8.87. The molecule has 0 fully saturated rings. The number of carbonyl (C=O) groups is 1. The van der Waals surface area contributed by atoms with Gasteiger partial charge in [-0.15, -0.1) is 0 Å². The van der Waals surface area contributed by atoms with Gasteiger partial charge in [-0.25, -0.2) is 4.79 Å². The Bertz CT molecular complexity index is 408. The van der Waals surface area contributed by atoms with Gasteiger partial charge in [0.1, 0.15) is 0 Å². The molecule has 1 atom stereocenters. The van der Waals surface area contributed by atoms with Crippen molar-refractivity contribution in [2.45, 2.75) is 77.6 Å². The van der Waals surface area contributed by atoms with E-state index in [9.17, 15) is 4.79 Å². The number of ether oxygens (including phenoxy) is 1. The monoisotopic (exact) mass is 304 g/mol. The van der Waals surface area contributed by atoms with Gasteiger partial charge >= 0.3 is 5.97 Å². The molecule has 2 heteroatoms. The zero-order valence-corrected chi connectivity index (χ0v) is 14.6. The average molecular weight is 304 g/mol. The zero-order valence-electron chi connectivity index (χ0n) is 14.6. The van der Waals surface area contributed by atoms with Gasteiger partial charge in [-0.05, 0) is 30.0 Å². The number of hydrogen-bond acceptors (Lipinski definition) is 2. The van der Waals surface area contributed by atoms with Gasteiger partial charge in [0.25, 0.3) is 0 Å². The lowest BCUT2D eigenvalue weighted by Crippen LogP contribution is -2.01. The van der Waals surface area contributed by atoms with E-state index in [-0.39, 0.29) is 5.97 Å². The number of esters is 1. The number of unbranched alkanes of at least 4 members (excludes halogenated alkanes) is 7. The first kappa shape index (κ1) is 18.7. The predicted molar refractivity (Wildman–Crippen MR) is 93.4 cm³/mol. The molecule has 2 nitrogen and oxygen atoms in total. The highest BCUT2D eigenvalue weighted by molar-refractivity contribution is 5.89. The molecule has 124 valence electrons. The fourth-order valence-corrected chi connectivity index (χ4v) is 2.82. The molecule has 1 aromatic rings. The number of methoxy groups -OCH3 is 1. The lowest BCUT2D eigenvalue weighted by Gasteiger charge is -2.12. The maximum absolute atomic E-state index is 11.4.